The van der Waals surface area contributed by atoms with Crippen LogP contribution in [0, 0.1) is 13.8 Å². The van der Waals surface area contributed by atoms with Gasteiger partial charge in [-0.15, -0.1) is 0 Å². The molecule has 0 aromatic heterocycles. The Bertz CT molecular complexity index is 1020. The van der Waals surface area contributed by atoms with Gasteiger partial charge in [-0.1, -0.05) is 35.4 Å². The molecule has 1 heterocycles. The molecule has 3 rings (SSSR count). The van der Waals surface area contributed by atoms with Crippen molar-refractivity contribution in [3.8, 4) is 5.75 Å². The van der Waals surface area contributed by atoms with Crippen LogP contribution in [0.5, 0.6) is 5.75 Å². The molecule has 0 atom stereocenters. The van der Waals surface area contributed by atoms with Crippen molar-refractivity contribution in [2.45, 2.75) is 20.3 Å². The molecule has 0 bridgehead atoms. The summed E-state index contributed by atoms with van der Waals surface area (Å²) in [4.78, 5) is 27.7. The van der Waals surface area contributed by atoms with Gasteiger partial charge in [-0.05, 0) is 49.6 Å². The number of carbonyl (C=O) groups is 2. The van der Waals surface area contributed by atoms with Crippen molar-refractivity contribution in [1.82, 2.24) is 4.90 Å². The monoisotopic (exact) mass is 428 g/mol. The Morgan fingerprint density at radius 2 is 1.80 bits per heavy atom. The lowest BCUT2D eigenvalue weighted by Gasteiger charge is -2.15. The summed E-state index contributed by atoms with van der Waals surface area (Å²) < 4.78 is 10.3. The zero-order valence-electron chi connectivity index (χ0n) is 17.5. The minimum Gasteiger partial charge on any atom is -0.495 e. The molecule has 0 unspecified atom stereocenters. The van der Waals surface area contributed by atoms with Crippen LogP contribution in [0.3, 0.4) is 0 Å². The van der Waals surface area contributed by atoms with Gasteiger partial charge in [0.05, 0.1) is 17.7 Å². The summed E-state index contributed by atoms with van der Waals surface area (Å²) in [5.74, 6) is -0.149. The smallest absolute Gasteiger partial charge is 0.278 e. The van der Waals surface area contributed by atoms with Crippen molar-refractivity contribution >= 4 is 34.7 Å². The molecule has 0 fully saturated rings. The molecule has 0 aliphatic carbocycles. The summed E-state index contributed by atoms with van der Waals surface area (Å²) in [7, 11) is 3.12. The van der Waals surface area contributed by atoms with Crippen LogP contribution in [0.15, 0.2) is 42.1 Å². The van der Waals surface area contributed by atoms with Crippen molar-refractivity contribution in [1.29, 1.82) is 0 Å². The zero-order valence-corrected chi connectivity index (χ0v) is 18.3. The van der Waals surface area contributed by atoms with E-state index in [-0.39, 0.29) is 24.1 Å². The number of nitrogens with one attached hydrogen (secondary N) is 1. The predicted molar refractivity (Wildman–Crippen MR) is 118 cm³/mol. The molecular weight excluding hydrogens is 404 g/mol. The van der Waals surface area contributed by atoms with Crippen LogP contribution < -0.4 is 10.1 Å². The maximum absolute atomic E-state index is 13.2. The van der Waals surface area contributed by atoms with Crippen LogP contribution in [-0.2, 0) is 14.3 Å². The van der Waals surface area contributed by atoms with Gasteiger partial charge in [-0.3, -0.25) is 14.5 Å². The number of carbonyl (C=O) groups excluding carboxylic acids is 2. The van der Waals surface area contributed by atoms with Gasteiger partial charge in [0.2, 0.25) is 0 Å². The van der Waals surface area contributed by atoms with Crippen molar-refractivity contribution in [3.05, 3.63) is 63.8 Å². The van der Waals surface area contributed by atoms with Crippen molar-refractivity contribution in [2.24, 2.45) is 0 Å². The van der Waals surface area contributed by atoms with E-state index in [1.807, 2.05) is 32.0 Å². The molecule has 1 N–H and O–H groups in total. The second kappa shape index (κ2) is 9.32. The van der Waals surface area contributed by atoms with E-state index in [0.717, 1.165) is 16.7 Å². The number of aryl methyl sites for hydroxylation is 2. The molecule has 0 spiro atoms. The van der Waals surface area contributed by atoms with Crippen LogP contribution in [0.4, 0.5) is 5.69 Å². The lowest BCUT2D eigenvalue weighted by atomic mass is 9.97. The van der Waals surface area contributed by atoms with Gasteiger partial charge >= 0.3 is 0 Å². The zero-order chi connectivity index (χ0) is 21.8. The summed E-state index contributed by atoms with van der Waals surface area (Å²) in [6.07, 6.45) is 0.565. The number of methoxy groups -OCH3 is 2. The highest BCUT2D eigenvalue weighted by molar-refractivity contribution is 6.37. The Morgan fingerprint density at radius 3 is 2.43 bits per heavy atom. The number of hydrogen-bond acceptors (Lipinski definition) is 5. The van der Waals surface area contributed by atoms with Crippen LogP contribution in [0.1, 0.15) is 23.1 Å². The van der Waals surface area contributed by atoms with Gasteiger partial charge in [-0.25, -0.2) is 0 Å². The lowest BCUT2D eigenvalue weighted by molar-refractivity contribution is -0.137. The first-order valence-corrected chi connectivity index (χ1v) is 10.0. The average Bonchev–Trinajstić information content (AvgIpc) is 2.93. The average molecular weight is 429 g/mol. The van der Waals surface area contributed by atoms with E-state index < -0.39 is 0 Å². The molecule has 2 amide bonds. The Kier molecular flexibility index (Phi) is 6.80. The first-order valence-electron chi connectivity index (χ1n) is 9.65. The van der Waals surface area contributed by atoms with Crippen molar-refractivity contribution in [3.63, 3.8) is 0 Å². The number of imide groups is 1. The molecule has 0 saturated carbocycles. The van der Waals surface area contributed by atoms with Gasteiger partial charge in [0.1, 0.15) is 11.4 Å². The van der Waals surface area contributed by atoms with E-state index in [1.54, 1.807) is 25.3 Å². The number of anilines is 1. The molecule has 158 valence electrons. The second-order valence-corrected chi connectivity index (χ2v) is 7.56. The maximum Gasteiger partial charge on any atom is 0.278 e. The quantitative estimate of drug-likeness (QED) is 0.504. The molecule has 2 aromatic rings. The summed E-state index contributed by atoms with van der Waals surface area (Å²) >= 11 is 6.23. The molecule has 0 radical (unpaired) electrons. The summed E-state index contributed by atoms with van der Waals surface area (Å²) in [5.41, 5.74) is 3.94. The van der Waals surface area contributed by atoms with Gasteiger partial charge in [0.15, 0.2) is 0 Å². The standard InChI is InChI=1S/C23H25ClN2O4/c1-14-6-8-17(15(2)12-14)20-21(23(28)26(22(20)27)10-5-11-29-3)25-16-7-9-19(30-4)18(24)13-16/h6-9,12-13,25H,5,10-11H2,1-4H3. The number of ether oxygens (including phenoxy) is 2. The van der Waals surface area contributed by atoms with Crippen LogP contribution in [-0.4, -0.2) is 44.1 Å². The number of amides is 2. The van der Waals surface area contributed by atoms with Gasteiger partial charge in [0, 0.05) is 25.9 Å². The van der Waals surface area contributed by atoms with E-state index in [1.165, 1.54) is 12.0 Å². The first-order chi connectivity index (χ1) is 14.4. The van der Waals surface area contributed by atoms with E-state index in [9.17, 15) is 9.59 Å². The van der Waals surface area contributed by atoms with Gasteiger partial charge < -0.3 is 14.8 Å². The molecule has 6 nitrogen and oxygen atoms in total. The number of halogens is 1. The molecule has 0 saturated heterocycles. The van der Waals surface area contributed by atoms with Crippen molar-refractivity contribution in [2.75, 3.05) is 32.7 Å². The first kappa shape index (κ1) is 21.9. The Morgan fingerprint density at radius 1 is 1.03 bits per heavy atom. The fourth-order valence-corrected chi connectivity index (χ4v) is 3.75. The molecule has 1 aliphatic rings. The third-order valence-electron chi connectivity index (χ3n) is 4.97. The minimum atomic E-state index is -0.363. The number of rotatable bonds is 8. The van der Waals surface area contributed by atoms with Crippen LogP contribution >= 0.6 is 11.6 Å². The van der Waals surface area contributed by atoms with Crippen LogP contribution in [0.2, 0.25) is 5.02 Å². The SMILES string of the molecule is COCCCN1C(=O)C(Nc2ccc(OC)c(Cl)c2)=C(c2ccc(C)cc2C)C1=O. The molecular formula is C23H25ClN2O4. The minimum absolute atomic E-state index is 0.241. The fourth-order valence-electron chi connectivity index (χ4n) is 3.49. The Labute approximate surface area is 181 Å². The third-order valence-corrected chi connectivity index (χ3v) is 5.27. The van der Waals surface area contributed by atoms with E-state index in [0.29, 0.717) is 35.1 Å². The third kappa shape index (κ3) is 4.35. The summed E-state index contributed by atoms with van der Waals surface area (Å²) in [6, 6.07) is 10.9. The Hall–Kier alpha value is -2.83. The predicted octanol–water partition coefficient (Wildman–Crippen LogP) is 4.19. The maximum atomic E-state index is 13.2. The van der Waals surface area contributed by atoms with E-state index in [4.69, 9.17) is 21.1 Å². The van der Waals surface area contributed by atoms with E-state index >= 15 is 0 Å². The number of nitrogens with zero attached hydrogens (tertiary/aromatic N) is 1. The number of benzene rings is 2. The topological polar surface area (TPSA) is 67.9 Å². The molecule has 7 heteroatoms. The Balaban J connectivity index is 2.04. The fraction of sp³-hybridized carbons (Fsp3) is 0.304. The molecule has 2 aromatic carbocycles. The normalized spacial score (nSPS) is 14.0. The van der Waals surface area contributed by atoms with Gasteiger partial charge in [-0.2, -0.15) is 0 Å². The highest BCUT2D eigenvalue weighted by Crippen LogP contribution is 2.34. The summed E-state index contributed by atoms with van der Waals surface area (Å²) in [6.45, 7) is 4.67. The largest absolute Gasteiger partial charge is 0.495 e. The summed E-state index contributed by atoms with van der Waals surface area (Å²) in [5, 5.41) is 3.53. The highest BCUT2D eigenvalue weighted by Gasteiger charge is 2.39. The van der Waals surface area contributed by atoms with Crippen LogP contribution in [0.25, 0.3) is 5.57 Å². The van der Waals surface area contributed by atoms with Gasteiger partial charge in [0.25, 0.3) is 11.8 Å². The van der Waals surface area contributed by atoms with E-state index in [2.05, 4.69) is 5.32 Å². The molecule has 30 heavy (non-hydrogen) atoms. The highest BCUT2D eigenvalue weighted by atomic mass is 35.5. The second-order valence-electron chi connectivity index (χ2n) is 7.15. The van der Waals surface area contributed by atoms with Crippen molar-refractivity contribution < 1.29 is 19.1 Å². The molecule has 1 aliphatic heterocycles. The number of hydrogen-bond donors (Lipinski definition) is 1. The lowest BCUT2D eigenvalue weighted by Crippen LogP contribution is -2.34.